The molecule has 7 nitrogen and oxygen atoms in total. The Bertz CT molecular complexity index is 2160. The number of carbonyl (C=O) groups excluding carboxylic acids is 1. The minimum atomic E-state index is -0.352. The Hall–Kier alpha value is -5.43. The van der Waals surface area contributed by atoms with Crippen LogP contribution in [0.3, 0.4) is 0 Å². The first kappa shape index (κ1) is 31.8. The summed E-state index contributed by atoms with van der Waals surface area (Å²) in [5, 5.41) is 8.99. The minimum absolute atomic E-state index is 0.308. The van der Waals surface area contributed by atoms with Crippen LogP contribution in [0.5, 0.6) is 0 Å². The Labute approximate surface area is 293 Å². The molecule has 0 aliphatic heterocycles. The summed E-state index contributed by atoms with van der Waals surface area (Å²) in [6.07, 6.45) is 1.60. The zero-order valence-electron chi connectivity index (χ0n) is 30.0. The maximum Gasteiger partial charge on any atom is 0.343 e. The summed E-state index contributed by atoms with van der Waals surface area (Å²) < 4.78 is 12.2. The molecule has 2 heterocycles. The van der Waals surface area contributed by atoms with Crippen molar-refractivity contribution in [1.29, 1.82) is 0 Å². The quantitative estimate of drug-likeness (QED) is 0.187. The first-order chi connectivity index (χ1) is 23.8. The van der Waals surface area contributed by atoms with Crippen molar-refractivity contribution in [3.8, 4) is 22.3 Å². The van der Waals surface area contributed by atoms with E-state index in [-0.39, 0.29) is 16.9 Å². The number of anilines is 4. The standard InChI is InChI=1S/C43H42N4O3/c1-25-37(42(3,4)5)44-49-39(25)47(40-26(2)38(45-50-40)43(6,7)8)41(48)46(31-17-19-35-29(23-31)21-27-13-9-11-15-33(27)35)32-18-20-36-30(24-32)22-28-14-10-12-16-34(28)36/h9-20,23-24H,21-22H2,1-8H3. The molecule has 50 heavy (non-hydrogen) atoms. The SMILES string of the molecule is Cc1c(C(C)(C)C)noc1N(C(=O)N(c1ccc2c(c1)Cc1ccccc1-2)c1ccc2c(c1)Cc1ccccc1-2)c1onc(C(C)(C)C)c1C. The summed E-state index contributed by atoms with van der Waals surface area (Å²) >= 11 is 0. The zero-order chi connectivity index (χ0) is 35.1. The number of amides is 2. The number of rotatable bonds is 4. The van der Waals surface area contributed by atoms with Crippen LogP contribution < -0.4 is 9.80 Å². The average Bonchev–Trinajstić information content (AvgIpc) is 3.84. The number of fused-ring (bicyclic) bond motifs is 6. The lowest BCUT2D eigenvalue weighted by atomic mass is 9.89. The summed E-state index contributed by atoms with van der Waals surface area (Å²) in [5.74, 6) is 0.624. The van der Waals surface area contributed by atoms with Crippen LogP contribution in [0.2, 0.25) is 0 Å². The van der Waals surface area contributed by atoms with Gasteiger partial charge in [-0.05, 0) is 95.5 Å². The van der Waals surface area contributed by atoms with Gasteiger partial charge >= 0.3 is 6.03 Å². The molecule has 2 amide bonds. The smallest absolute Gasteiger partial charge is 0.337 e. The molecule has 0 saturated heterocycles. The van der Waals surface area contributed by atoms with E-state index in [2.05, 4.69) is 125 Å². The van der Waals surface area contributed by atoms with Gasteiger partial charge in [0.15, 0.2) is 0 Å². The second-order valence-corrected chi connectivity index (χ2v) is 15.7. The van der Waals surface area contributed by atoms with Crippen molar-refractivity contribution < 1.29 is 13.8 Å². The van der Waals surface area contributed by atoms with Crippen molar-refractivity contribution in [3.63, 3.8) is 0 Å². The first-order valence-corrected chi connectivity index (χ1v) is 17.3. The third kappa shape index (κ3) is 5.06. The molecule has 4 aromatic carbocycles. The highest BCUT2D eigenvalue weighted by Gasteiger charge is 2.39. The Morgan fingerprint density at radius 3 is 1.36 bits per heavy atom. The lowest BCUT2D eigenvalue weighted by molar-refractivity contribution is 0.252. The van der Waals surface area contributed by atoms with E-state index in [0.29, 0.717) is 11.8 Å². The molecule has 0 bridgehead atoms. The predicted octanol–water partition coefficient (Wildman–Crippen LogP) is 11.1. The minimum Gasteiger partial charge on any atom is -0.337 e. The van der Waals surface area contributed by atoms with Crippen molar-refractivity contribution in [2.75, 3.05) is 9.80 Å². The predicted molar refractivity (Wildman–Crippen MR) is 199 cm³/mol. The molecule has 0 fully saturated rings. The third-order valence-corrected chi connectivity index (χ3v) is 10.1. The van der Waals surface area contributed by atoms with Gasteiger partial charge in [-0.15, -0.1) is 0 Å². The summed E-state index contributed by atoms with van der Waals surface area (Å²) in [7, 11) is 0. The van der Waals surface area contributed by atoms with Gasteiger partial charge in [0.05, 0.1) is 22.8 Å². The van der Waals surface area contributed by atoms with Gasteiger partial charge in [0.2, 0.25) is 11.8 Å². The number of hydrogen-bond donors (Lipinski definition) is 0. The van der Waals surface area contributed by atoms with Gasteiger partial charge in [-0.3, -0.25) is 4.90 Å². The van der Waals surface area contributed by atoms with Crippen LogP contribution in [-0.2, 0) is 23.7 Å². The maximum absolute atomic E-state index is 15.6. The fourth-order valence-electron chi connectivity index (χ4n) is 7.75. The molecule has 0 saturated carbocycles. The van der Waals surface area contributed by atoms with Gasteiger partial charge in [-0.1, -0.05) is 113 Å². The van der Waals surface area contributed by atoms with Crippen LogP contribution in [0, 0.1) is 13.8 Å². The van der Waals surface area contributed by atoms with E-state index in [0.717, 1.165) is 46.7 Å². The normalized spacial score (nSPS) is 13.1. The largest absolute Gasteiger partial charge is 0.343 e. The monoisotopic (exact) mass is 662 g/mol. The van der Waals surface area contributed by atoms with Crippen LogP contribution in [0.1, 0.15) is 86.3 Å². The highest BCUT2D eigenvalue weighted by Crippen LogP contribution is 2.45. The van der Waals surface area contributed by atoms with Crippen molar-refractivity contribution >= 4 is 29.2 Å². The molecule has 0 atom stereocenters. The molecule has 0 spiro atoms. The lowest BCUT2D eigenvalue weighted by Gasteiger charge is -2.29. The molecule has 6 aromatic rings. The average molecular weight is 663 g/mol. The molecular formula is C43H42N4O3. The van der Waals surface area contributed by atoms with E-state index in [4.69, 9.17) is 9.05 Å². The van der Waals surface area contributed by atoms with Crippen LogP contribution in [-0.4, -0.2) is 16.3 Å². The van der Waals surface area contributed by atoms with E-state index in [9.17, 15) is 0 Å². The number of hydrogen-bond acceptors (Lipinski definition) is 5. The first-order valence-electron chi connectivity index (χ1n) is 17.3. The van der Waals surface area contributed by atoms with E-state index in [1.54, 1.807) is 4.90 Å². The molecule has 0 radical (unpaired) electrons. The second-order valence-electron chi connectivity index (χ2n) is 15.7. The summed E-state index contributed by atoms with van der Waals surface area (Å²) in [6.45, 7) is 16.4. The van der Waals surface area contributed by atoms with Crippen molar-refractivity contribution in [2.45, 2.75) is 79.1 Å². The van der Waals surface area contributed by atoms with Gasteiger partial charge < -0.3 is 9.05 Å². The molecule has 2 aromatic heterocycles. The van der Waals surface area contributed by atoms with Crippen LogP contribution >= 0.6 is 0 Å². The number of urea groups is 1. The topological polar surface area (TPSA) is 75.6 Å². The Morgan fingerprint density at radius 1 is 0.560 bits per heavy atom. The van der Waals surface area contributed by atoms with Gasteiger partial charge in [0.25, 0.3) is 0 Å². The van der Waals surface area contributed by atoms with E-state index < -0.39 is 0 Å². The Kier molecular flexibility index (Phi) is 7.19. The van der Waals surface area contributed by atoms with Crippen LogP contribution in [0.15, 0.2) is 94.0 Å². The van der Waals surface area contributed by atoms with Gasteiger partial charge in [0, 0.05) is 22.0 Å². The molecule has 252 valence electrons. The van der Waals surface area contributed by atoms with E-state index in [1.807, 2.05) is 26.0 Å². The third-order valence-electron chi connectivity index (χ3n) is 10.1. The van der Waals surface area contributed by atoms with Crippen molar-refractivity contribution in [3.05, 3.63) is 130 Å². The zero-order valence-corrected chi connectivity index (χ0v) is 30.0. The van der Waals surface area contributed by atoms with Crippen molar-refractivity contribution in [1.82, 2.24) is 10.3 Å². The molecule has 8 rings (SSSR count). The summed E-state index contributed by atoms with van der Waals surface area (Å²) in [6, 6.07) is 29.3. The van der Waals surface area contributed by atoms with Gasteiger partial charge in [-0.2, -0.15) is 4.90 Å². The Balaban J connectivity index is 1.32. The molecule has 2 aliphatic carbocycles. The number of carbonyl (C=O) groups is 1. The van der Waals surface area contributed by atoms with Crippen LogP contribution in [0.4, 0.5) is 27.9 Å². The second kappa shape index (κ2) is 11.3. The lowest BCUT2D eigenvalue weighted by Crippen LogP contribution is -2.38. The van der Waals surface area contributed by atoms with E-state index in [1.165, 1.54) is 49.4 Å². The fourth-order valence-corrected chi connectivity index (χ4v) is 7.75. The summed E-state index contributed by atoms with van der Waals surface area (Å²) in [4.78, 5) is 18.9. The number of aromatic nitrogens is 2. The van der Waals surface area contributed by atoms with E-state index >= 15 is 4.79 Å². The Morgan fingerprint density at radius 2 is 0.960 bits per heavy atom. The van der Waals surface area contributed by atoms with Crippen LogP contribution in [0.25, 0.3) is 22.3 Å². The summed E-state index contributed by atoms with van der Waals surface area (Å²) in [5.41, 5.74) is 13.8. The molecule has 0 unspecified atom stereocenters. The molecule has 7 heteroatoms. The van der Waals surface area contributed by atoms with Gasteiger partial charge in [0.1, 0.15) is 0 Å². The highest BCUT2D eigenvalue weighted by atomic mass is 16.5. The molecular weight excluding hydrogens is 620 g/mol. The van der Waals surface area contributed by atoms with Gasteiger partial charge in [-0.25, -0.2) is 4.79 Å². The fraction of sp³-hybridized carbons (Fsp3) is 0.279. The highest BCUT2D eigenvalue weighted by molar-refractivity contribution is 6.12. The molecule has 2 aliphatic rings. The maximum atomic E-state index is 15.6. The number of nitrogens with zero attached hydrogens (tertiary/aromatic N) is 4. The number of benzene rings is 4. The van der Waals surface area contributed by atoms with Crippen molar-refractivity contribution in [2.24, 2.45) is 0 Å². The molecule has 0 N–H and O–H groups in total.